The van der Waals surface area contributed by atoms with Crippen molar-refractivity contribution in [1.82, 2.24) is 15.3 Å². The van der Waals surface area contributed by atoms with Crippen molar-refractivity contribution in [2.75, 3.05) is 13.7 Å². The number of amides is 1. The fourth-order valence-corrected chi connectivity index (χ4v) is 3.05. The number of halogens is 2. The Morgan fingerprint density at radius 2 is 2.19 bits per heavy atom. The van der Waals surface area contributed by atoms with Gasteiger partial charge in [-0.3, -0.25) is 9.79 Å². The predicted octanol–water partition coefficient (Wildman–Crippen LogP) is 3.59. The molecule has 0 saturated heterocycles. The molecule has 0 spiro atoms. The predicted molar refractivity (Wildman–Crippen MR) is 102 cm³/mol. The molecule has 0 atom stereocenters. The van der Waals surface area contributed by atoms with Crippen molar-refractivity contribution in [1.29, 1.82) is 0 Å². The van der Waals surface area contributed by atoms with Crippen LogP contribution in [-0.2, 0) is 0 Å². The lowest BCUT2D eigenvalue weighted by Crippen LogP contribution is -2.28. The smallest absolute Gasteiger partial charge is 0.256 e. The maximum atomic E-state index is 13.8. The average Bonchev–Trinajstić information content (AvgIpc) is 3.29. The molecule has 27 heavy (non-hydrogen) atoms. The zero-order valence-electron chi connectivity index (χ0n) is 14.2. The minimum absolute atomic E-state index is 0.277. The molecule has 1 aromatic heterocycles. The number of hydrogen-bond acceptors (Lipinski definition) is 4. The Morgan fingerprint density at radius 3 is 2.93 bits per heavy atom. The zero-order chi connectivity index (χ0) is 19.0. The molecule has 1 aliphatic rings. The first kappa shape index (κ1) is 17.2. The molecule has 0 saturated carbocycles. The van der Waals surface area contributed by atoms with Gasteiger partial charge >= 0.3 is 0 Å². The summed E-state index contributed by atoms with van der Waals surface area (Å²) in [6.07, 6.45) is 1.71. The molecule has 4 rings (SSSR count). The SMILES string of the molecule is COc1ccc(C(=O)NC2=NCC(c3nc4c(F)cccc4[nH]3)=C2)cc1Cl. The first-order valence-corrected chi connectivity index (χ1v) is 8.47. The van der Waals surface area contributed by atoms with Crippen molar-refractivity contribution in [3.05, 3.63) is 64.7 Å². The molecule has 0 unspecified atom stereocenters. The maximum absolute atomic E-state index is 13.8. The van der Waals surface area contributed by atoms with Crippen LogP contribution in [0, 0.1) is 5.82 Å². The van der Waals surface area contributed by atoms with Crippen LogP contribution in [0.1, 0.15) is 16.2 Å². The van der Waals surface area contributed by atoms with Gasteiger partial charge in [0.25, 0.3) is 5.91 Å². The Kier molecular flexibility index (Phi) is 4.37. The summed E-state index contributed by atoms with van der Waals surface area (Å²) in [5, 5.41) is 3.07. The van der Waals surface area contributed by atoms with Crippen molar-refractivity contribution < 1.29 is 13.9 Å². The number of nitrogens with zero attached hydrogens (tertiary/aromatic N) is 2. The largest absolute Gasteiger partial charge is 0.495 e. The number of amidine groups is 1. The van der Waals surface area contributed by atoms with Crippen LogP contribution < -0.4 is 10.1 Å². The topological polar surface area (TPSA) is 79.4 Å². The zero-order valence-corrected chi connectivity index (χ0v) is 15.0. The Morgan fingerprint density at radius 1 is 1.33 bits per heavy atom. The number of rotatable bonds is 3. The summed E-state index contributed by atoms with van der Waals surface area (Å²) in [6, 6.07) is 9.49. The van der Waals surface area contributed by atoms with E-state index in [-0.39, 0.29) is 17.2 Å². The third kappa shape index (κ3) is 3.29. The van der Waals surface area contributed by atoms with Gasteiger partial charge in [0.1, 0.15) is 22.9 Å². The van der Waals surface area contributed by atoms with Gasteiger partial charge in [0.15, 0.2) is 5.82 Å². The molecule has 136 valence electrons. The number of methoxy groups -OCH3 is 1. The summed E-state index contributed by atoms with van der Waals surface area (Å²) in [7, 11) is 1.50. The van der Waals surface area contributed by atoms with Crippen molar-refractivity contribution in [3.8, 4) is 5.75 Å². The van der Waals surface area contributed by atoms with Crippen LogP contribution in [0.2, 0.25) is 5.02 Å². The fourth-order valence-electron chi connectivity index (χ4n) is 2.79. The second kappa shape index (κ2) is 6.85. The van der Waals surface area contributed by atoms with E-state index in [2.05, 4.69) is 20.3 Å². The number of H-pyrrole nitrogens is 1. The number of aromatic amines is 1. The van der Waals surface area contributed by atoms with Gasteiger partial charge in [-0.05, 0) is 36.4 Å². The Bertz CT molecular complexity index is 1120. The Balaban J connectivity index is 1.52. The number of fused-ring (bicyclic) bond motifs is 1. The third-order valence-corrected chi connectivity index (χ3v) is 4.45. The van der Waals surface area contributed by atoms with Crippen molar-refractivity contribution in [2.45, 2.75) is 0 Å². The maximum Gasteiger partial charge on any atom is 0.256 e. The molecule has 2 N–H and O–H groups in total. The standard InChI is InChI=1S/C19H14ClFN4O2/c1-27-15-6-5-10(7-12(15)20)19(26)24-16-8-11(9-22-16)18-23-14-4-2-3-13(21)17(14)25-18/h2-8H,9H2,1H3,(H,23,25)(H,22,24,26). The van der Waals surface area contributed by atoms with Gasteiger partial charge in [0, 0.05) is 11.1 Å². The van der Waals surface area contributed by atoms with Crippen LogP contribution in [0.5, 0.6) is 5.75 Å². The van der Waals surface area contributed by atoms with Gasteiger partial charge in [-0.25, -0.2) is 9.37 Å². The molecule has 0 radical (unpaired) electrons. The lowest BCUT2D eigenvalue weighted by molar-refractivity contribution is 0.0977. The highest BCUT2D eigenvalue weighted by Crippen LogP contribution is 2.25. The molecular weight excluding hydrogens is 371 g/mol. The Labute approximate surface area is 158 Å². The van der Waals surface area contributed by atoms with E-state index < -0.39 is 0 Å². The first-order valence-electron chi connectivity index (χ1n) is 8.09. The second-order valence-electron chi connectivity index (χ2n) is 5.90. The van der Waals surface area contributed by atoms with Crippen molar-refractivity contribution in [3.63, 3.8) is 0 Å². The molecule has 6 nitrogen and oxygen atoms in total. The summed E-state index contributed by atoms with van der Waals surface area (Å²) in [4.78, 5) is 24.0. The van der Waals surface area contributed by atoms with E-state index in [1.54, 1.807) is 30.3 Å². The average molecular weight is 385 g/mol. The van der Waals surface area contributed by atoms with Gasteiger partial charge < -0.3 is 15.0 Å². The molecule has 3 aromatic rings. The molecule has 2 heterocycles. The summed E-state index contributed by atoms with van der Waals surface area (Å²) in [5.74, 6) is 0.690. The lowest BCUT2D eigenvalue weighted by Gasteiger charge is -2.06. The van der Waals surface area contributed by atoms with Crippen molar-refractivity contribution >= 4 is 40.0 Å². The van der Waals surface area contributed by atoms with E-state index in [0.29, 0.717) is 40.1 Å². The normalized spacial score (nSPS) is 13.4. The lowest BCUT2D eigenvalue weighted by atomic mass is 10.2. The van der Waals surface area contributed by atoms with Crippen LogP contribution in [0.3, 0.4) is 0 Å². The molecule has 0 aliphatic carbocycles. The molecule has 2 aromatic carbocycles. The number of aliphatic imine (C=N–C) groups is 1. The fraction of sp³-hybridized carbons (Fsp3) is 0.105. The number of aromatic nitrogens is 2. The van der Waals surface area contributed by atoms with E-state index in [9.17, 15) is 9.18 Å². The van der Waals surface area contributed by atoms with Gasteiger partial charge in [-0.2, -0.15) is 0 Å². The highest BCUT2D eigenvalue weighted by molar-refractivity contribution is 6.32. The minimum atomic E-state index is -0.389. The highest BCUT2D eigenvalue weighted by atomic mass is 35.5. The first-order chi connectivity index (χ1) is 13.0. The second-order valence-corrected chi connectivity index (χ2v) is 6.30. The van der Waals surface area contributed by atoms with Crippen LogP contribution in [-0.4, -0.2) is 35.4 Å². The summed E-state index contributed by atoms with van der Waals surface area (Å²) in [5.41, 5.74) is 2.03. The quantitative estimate of drug-likeness (QED) is 0.724. The summed E-state index contributed by atoms with van der Waals surface area (Å²) in [6.45, 7) is 0.334. The monoisotopic (exact) mass is 384 g/mol. The van der Waals surface area contributed by atoms with E-state index >= 15 is 0 Å². The summed E-state index contributed by atoms with van der Waals surface area (Å²) >= 11 is 6.05. The molecule has 0 bridgehead atoms. The number of hydrogen-bond donors (Lipinski definition) is 2. The number of nitrogens with one attached hydrogen (secondary N) is 2. The van der Waals surface area contributed by atoms with Crippen molar-refractivity contribution in [2.24, 2.45) is 4.99 Å². The van der Waals surface area contributed by atoms with Gasteiger partial charge in [-0.1, -0.05) is 17.7 Å². The van der Waals surface area contributed by atoms with Crippen LogP contribution in [0.25, 0.3) is 16.6 Å². The van der Waals surface area contributed by atoms with E-state index in [0.717, 1.165) is 5.57 Å². The number of carbonyl (C=O) groups is 1. The van der Waals surface area contributed by atoms with Gasteiger partial charge in [0.05, 0.1) is 24.2 Å². The summed E-state index contributed by atoms with van der Waals surface area (Å²) < 4.78 is 18.9. The molecule has 1 amide bonds. The van der Waals surface area contributed by atoms with Crippen LogP contribution >= 0.6 is 11.6 Å². The van der Waals surface area contributed by atoms with E-state index in [1.807, 2.05) is 0 Å². The van der Waals surface area contributed by atoms with Gasteiger partial charge in [-0.15, -0.1) is 0 Å². The third-order valence-electron chi connectivity index (χ3n) is 4.15. The number of imidazole rings is 1. The molecule has 0 fully saturated rings. The van der Waals surface area contributed by atoms with E-state index in [4.69, 9.17) is 16.3 Å². The van der Waals surface area contributed by atoms with Gasteiger partial charge in [0.2, 0.25) is 0 Å². The van der Waals surface area contributed by atoms with E-state index in [1.165, 1.54) is 19.2 Å². The molecule has 8 heteroatoms. The number of benzene rings is 2. The minimum Gasteiger partial charge on any atom is -0.495 e. The number of ether oxygens (including phenoxy) is 1. The Hall–Kier alpha value is -3.19. The number of para-hydroxylation sites is 1. The molecular formula is C19H14ClFN4O2. The molecule has 1 aliphatic heterocycles. The van der Waals surface area contributed by atoms with Crippen LogP contribution in [0.4, 0.5) is 4.39 Å². The highest BCUT2D eigenvalue weighted by Gasteiger charge is 2.17. The van der Waals surface area contributed by atoms with Crippen LogP contribution in [0.15, 0.2) is 47.5 Å². The number of carbonyl (C=O) groups excluding carboxylic acids is 1.